The van der Waals surface area contributed by atoms with E-state index in [9.17, 15) is 0 Å². The predicted octanol–water partition coefficient (Wildman–Crippen LogP) is 13.8. The summed E-state index contributed by atoms with van der Waals surface area (Å²) in [6.45, 7) is 11.6. The van der Waals surface area contributed by atoms with E-state index in [1.54, 1.807) is 11.3 Å². The van der Waals surface area contributed by atoms with Crippen molar-refractivity contribution in [3.8, 4) is 38.5 Å². The van der Waals surface area contributed by atoms with Gasteiger partial charge in [-0.05, 0) is 104 Å². The maximum atomic E-state index is 6.57. The van der Waals surface area contributed by atoms with Gasteiger partial charge in [-0.25, -0.2) is 4.98 Å². The normalized spacial score (nSPS) is 14.6. The van der Waals surface area contributed by atoms with Crippen LogP contribution in [0.5, 0.6) is 0 Å². The number of anilines is 2. The molecule has 4 nitrogen and oxygen atoms in total. The number of aromatic nitrogens is 2. The molecule has 11 aromatic rings. The van der Waals surface area contributed by atoms with E-state index < -0.39 is 0 Å². The Balaban J connectivity index is 1.14. The smallest absolute Gasteiger partial charge is 0.333 e. The lowest BCUT2D eigenvalue weighted by Gasteiger charge is -2.42. The summed E-state index contributed by atoms with van der Waals surface area (Å²) >= 11 is 1.78. The molecule has 3 aromatic heterocycles. The molecule has 0 amide bonds. The first-order valence-electron chi connectivity index (χ1n) is 21.7. The van der Waals surface area contributed by atoms with Crippen molar-refractivity contribution >= 4 is 94.4 Å². The van der Waals surface area contributed by atoms with Crippen LogP contribution in [0.3, 0.4) is 0 Å². The maximum Gasteiger partial charge on any atom is 0.333 e. The molecule has 0 radical (unpaired) electrons. The van der Waals surface area contributed by atoms with Crippen LogP contribution in [0.15, 0.2) is 156 Å². The Hall–Kier alpha value is -6.89. The maximum absolute atomic E-state index is 6.57. The van der Waals surface area contributed by atoms with E-state index >= 15 is 0 Å². The summed E-state index contributed by atoms with van der Waals surface area (Å²) in [7, 11) is 0. The van der Waals surface area contributed by atoms with E-state index in [1.807, 2.05) is 0 Å². The number of nitrogens with zero attached hydrogens (tertiary/aromatic N) is 3. The Bertz CT molecular complexity index is 3770. The second-order valence-electron chi connectivity index (χ2n) is 19.1. The molecular formula is C56H40BN3OS. The first kappa shape index (κ1) is 34.8. The first-order chi connectivity index (χ1) is 30.1. The minimum absolute atomic E-state index is 0.0305. The third-order valence-electron chi connectivity index (χ3n) is 14.4. The Kier molecular flexibility index (Phi) is 6.58. The second-order valence-corrected chi connectivity index (χ2v) is 20.2. The van der Waals surface area contributed by atoms with E-state index in [4.69, 9.17) is 9.40 Å². The average molecular weight is 814 g/mol. The van der Waals surface area contributed by atoms with Gasteiger partial charge in [-0.15, -0.1) is 11.3 Å². The Morgan fingerprint density at radius 3 is 2.24 bits per heavy atom. The van der Waals surface area contributed by atoms with Crippen LogP contribution in [0.2, 0.25) is 0 Å². The van der Waals surface area contributed by atoms with E-state index in [-0.39, 0.29) is 17.7 Å². The van der Waals surface area contributed by atoms with Gasteiger partial charge in [-0.3, -0.25) is 0 Å². The van der Waals surface area contributed by atoms with Gasteiger partial charge in [0.1, 0.15) is 16.2 Å². The molecule has 3 aliphatic rings. The number of fused-ring (bicyclic) bond motifs is 15. The predicted molar refractivity (Wildman–Crippen MR) is 262 cm³/mol. The second kappa shape index (κ2) is 11.7. The molecule has 62 heavy (non-hydrogen) atoms. The lowest BCUT2D eigenvalue weighted by molar-refractivity contribution is 0.590. The van der Waals surface area contributed by atoms with Crippen LogP contribution in [-0.4, -0.2) is 16.4 Å². The Morgan fingerprint density at radius 2 is 1.40 bits per heavy atom. The minimum atomic E-state index is -0.136. The number of hydrogen-bond donors (Lipinski definition) is 0. The highest BCUT2D eigenvalue weighted by Crippen LogP contribution is 2.54. The fourth-order valence-corrected chi connectivity index (χ4v) is 12.3. The average Bonchev–Trinajstić information content (AvgIpc) is 4.02. The van der Waals surface area contributed by atoms with Gasteiger partial charge in [0.25, 0.3) is 0 Å². The molecule has 0 saturated heterocycles. The summed E-state index contributed by atoms with van der Waals surface area (Å²) in [6, 6.07) is 56.8. The van der Waals surface area contributed by atoms with Crippen molar-refractivity contribution in [2.45, 2.75) is 45.4 Å². The van der Waals surface area contributed by atoms with Crippen molar-refractivity contribution in [1.29, 1.82) is 0 Å². The molecule has 1 aliphatic carbocycles. The van der Waals surface area contributed by atoms with Gasteiger partial charge in [0.05, 0.1) is 21.3 Å². The number of thiazole rings is 1. The summed E-state index contributed by atoms with van der Waals surface area (Å²) in [5.74, 6) is 0. The molecule has 14 rings (SSSR count). The topological polar surface area (TPSA) is 34.2 Å². The van der Waals surface area contributed by atoms with Gasteiger partial charge >= 0.3 is 6.85 Å². The molecule has 0 unspecified atom stereocenters. The summed E-state index contributed by atoms with van der Waals surface area (Å²) in [4.78, 5) is 8.03. The van der Waals surface area contributed by atoms with E-state index in [2.05, 4.69) is 196 Å². The van der Waals surface area contributed by atoms with Crippen LogP contribution in [0, 0.1) is 0 Å². The molecular weight excluding hydrogens is 774 g/mol. The fourth-order valence-electron chi connectivity index (χ4n) is 11.3. The highest BCUT2D eigenvalue weighted by molar-refractivity contribution is 7.21. The number of hydrogen-bond acceptors (Lipinski definition) is 4. The molecule has 0 spiro atoms. The monoisotopic (exact) mass is 813 g/mol. The molecule has 0 N–H and O–H groups in total. The summed E-state index contributed by atoms with van der Waals surface area (Å²) in [5.41, 5.74) is 21.9. The highest BCUT2D eigenvalue weighted by atomic mass is 32.1. The standard InChI is InChI=1S/C56H40BN3OS/c1-55(2,3)32-19-21-33(22-20-32)60-47-26-38-34-15-9-11-17-42(34)56(4,5)43(38)25-39(47)36-23-24-37-40-28-50-41(35-16-10-12-18-49(35)61-50)27-46(40)59-48-30-51-45(29-44(48)57(60)52(36)53(37)59)58-54(62-51)31-13-7-6-8-14-31/h6-30H,1-5H3. The molecule has 0 bridgehead atoms. The van der Waals surface area contributed by atoms with Crippen LogP contribution in [0.1, 0.15) is 51.3 Å². The van der Waals surface area contributed by atoms with Crippen molar-refractivity contribution in [2.75, 3.05) is 4.81 Å². The molecule has 0 saturated carbocycles. The van der Waals surface area contributed by atoms with Gasteiger partial charge in [-0.1, -0.05) is 132 Å². The largest absolute Gasteiger partial charge is 0.456 e. The van der Waals surface area contributed by atoms with Crippen molar-refractivity contribution in [3.05, 3.63) is 168 Å². The molecule has 8 aromatic carbocycles. The number of para-hydroxylation sites is 1. The fraction of sp³-hybridized carbons (Fsp3) is 0.125. The van der Waals surface area contributed by atoms with Crippen LogP contribution >= 0.6 is 11.3 Å². The molecule has 6 heteroatoms. The van der Waals surface area contributed by atoms with Crippen LogP contribution in [-0.2, 0) is 10.8 Å². The van der Waals surface area contributed by atoms with Crippen LogP contribution in [0.4, 0.5) is 11.4 Å². The van der Waals surface area contributed by atoms with Crippen molar-refractivity contribution in [3.63, 3.8) is 0 Å². The van der Waals surface area contributed by atoms with Gasteiger partial charge in [-0.2, -0.15) is 0 Å². The van der Waals surface area contributed by atoms with Crippen molar-refractivity contribution in [2.24, 2.45) is 0 Å². The highest BCUT2D eigenvalue weighted by Gasteiger charge is 2.46. The zero-order chi connectivity index (χ0) is 41.4. The Morgan fingerprint density at radius 1 is 0.613 bits per heavy atom. The van der Waals surface area contributed by atoms with Crippen LogP contribution in [0.25, 0.3) is 92.5 Å². The third kappa shape index (κ3) is 4.45. The zero-order valence-corrected chi connectivity index (χ0v) is 36.0. The lowest BCUT2D eigenvalue weighted by Crippen LogP contribution is -2.60. The Labute approximate surface area is 363 Å². The molecule has 0 atom stereocenters. The first-order valence-corrected chi connectivity index (χ1v) is 22.5. The van der Waals surface area contributed by atoms with E-state index in [0.29, 0.717) is 0 Å². The summed E-state index contributed by atoms with van der Waals surface area (Å²) in [5, 5.41) is 5.76. The molecule has 2 aliphatic heterocycles. The van der Waals surface area contributed by atoms with Gasteiger partial charge in [0, 0.05) is 55.1 Å². The third-order valence-corrected chi connectivity index (χ3v) is 15.4. The molecule has 294 valence electrons. The zero-order valence-electron chi connectivity index (χ0n) is 35.2. The SMILES string of the molecule is CC(C)(C)c1ccc(N2B3c4cc5nc(-c6ccccc6)sc5cc4-n4c5cc6c(cc5c5ccc(c3c54)-c3cc4c(cc32)-c2ccccc2C4(C)C)oc2ccccc26)cc1. The van der Waals surface area contributed by atoms with Crippen LogP contribution < -0.4 is 15.7 Å². The van der Waals surface area contributed by atoms with E-state index in [1.165, 1.54) is 93.4 Å². The van der Waals surface area contributed by atoms with Gasteiger partial charge in [0.15, 0.2) is 0 Å². The molecule has 0 fully saturated rings. The number of furan rings is 1. The quantitative estimate of drug-likeness (QED) is 0.163. The molecule has 5 heterocycles. The lowest BCUT2D eigenvalue weighted by atomic mass is 9.44. The minimum Gasteiger partial charge on any atom is -0.456 e. The van der Waals surface area contributed by atoms with Crippen molar-refractivity contribution < 1.29 is 4.42 Å². The summed E-state index contributed by atoms with van der Waals surface area (Å²) < 4.78 is 10.3. The van der Waals surface area contributed by atoms with Gasteiger partial charge in [0.2, 0.25) is 0 Å². The van der Waals surface area contributed by atoms with E-state index in [0.717, 1.165) is 38.0 Å². The summed E-state index contributed by atoms with van der Waals surface area (Å²) in [6.07, 6.45) is 0. The number of rotatable bonds is 2. The van der Waals surface area contributed by atoms with Crippen molar-refractivity contribution in [1.82, 2.24) is 9.55 Å². The number of benzene rings is 8. The van der Waals surface area contributed by atoms with Gasteiger partial charge < -0.3 is 13.8 Å².